The number of nitrogens with zero attached hydrogens (tertiary/aromatic N) is 2. The van der Waals surface area contributed by atoms with Crippen molar-refractivity contribution in [2.45, 2.75) is 57.7 Å². The Hall–Kier alpha value is -2.48. The Labute approximate surface area is 187 Å². The molecule has 2 heterocycles. The van der Waals surface area contributed by atoms with E-state index >= 15 is 0 Å². The number of hydrogen-bond acceptors (Lipinski definition) is 7. The molecule has 0 saturated carbocycles. The largest absolute Gasteiger partial charge is 0.493 e. The zero-order valence-corrected chi connectivity index (χ0v) is 19.6. The molecular formula is C23H30N2O5S. The van der Waals surface area contributed by atoms with E-state index in [2.05, 4.69) is 11.9 Å². The standard InChI is InChI=1S/C23H30N2O5S/c1-6-8-9-12-30-16-11-10-15(13-17(16)28-4)20-19(22(27)29-5)14(3)24-23-25(20)21(26)18(7-2)31-23/h10-11,13,18,20H,6-9,12H2,1-5H3. The summed E-state index contributed by atoms with van der Waals surface area (Å²) in [6.45, 7) is 6.50. The molecule has 1 amide bonds. The molecule has 168 valence electrons. The van der Waals surface area contributed by atoms with Crippen molar-refractivity contribution in [3.8, 4) is 11.5 Å². The van der Waals surface area contributed by atoms with Crippen molar-refractivity contribution in [3.63, 3.8) is 0 Å². The number of allylic oxidation sites excluding steroid dienone is 1. The number of carbonyl (C=O) groups is 2. The van der Waals surface area contributed by atoms with Gasteiger partial charge in [0.2, 0.25) is 5.91 Å². The molecule has 0 aromatic heterocycles. The fraction of sp³-hybridized carbons (Fsp3) is 0.522. The van der Waals surface area contributed by atoms with Gasteiger partial charge in [0.05, 0.1) is 43.4 Å². The molecule has 2 aliphatic rings. The predicted molar refractivity (Wildman–Crippen MR) is 121 cm³/mol. The monoisotopic (exact) mass is 446 g/mol. The lowest BCUT2D eigenvalue weighted by Gasteiger charge is -2.33. The Kier molecular flexibility index (Phi) is 7.64. The van der Waals surface area contributed by atoms with Crippen LogP contribution >= 0.6 is 11.8 Å². The van der Waals surface area contributed by atoms with Crippen LogP contribution in [0.15, 0.2) is 34.5 Å². The van der Waals surface area contributed by atoms with Gasteiger partial charge in [0.15, 0.2) is 16.7 Å². The van der Waals surface area contributed by atoms with Crippen LogP contribution in [0.4, 0.5) is 0 Å². The van der Waals surface area contributed by atoms with Crippen LogP contribution in [-0.2, 0) is 14.3 Å². The quantitative estimate of drug-likeness (QED) is 0.411. The first-order valence-corrected chi connectivity index (χ1v) is 11.5. The van der Waals surface area contributed by atoms with Crippen molar-refractivity contribution in [2.24, 2.45) is 4.99 Å². The van der Waals surface area contributed by atoms with Crippen LogP contribution in [0, 0.1) is 0 Å². The Bertz CT molecular complexity index is 911. The first-order valence-electron chi connectivity index (χ1n) is 10.6. The van der Waals surface area contributed by atoms with Crippen molar-refractivity contribution in [2.75, 3.05) is 20.8 Å². The van der Waals surface area contributed by atoms with E-state index in [4.69, 9.17) is 14.2 Å². The Morgan fingerprint density at radius 1 is 1.19 bits per heavy atom. The number of rotatable bonds is 9. The number of hydrogen-bond donors (Lipinski definition) is 0. The first kappa shape index (κ1) is 23.2. The highest BCUT2D eigenvalue weighted by atomic mass is 32.2. The van der Waals surface area contributed by atoms with Gasteiger partial charge in [-0.05, 0) is 37.5 Å². The summed E-state index contributed by atoms with van der Waals surface area (Å²) in [6.07, 6.45) is 3.88. The number of amides is 1. The smallest absolute Gasteiger partial charge is 0.338 e. The van der Waals surface area contributed by atoms with Crippen LogP contribution in [0.3, 0.4) is 0 Å². The number of aliphatic imine (C=N–C) groups is 1. The van der Waals surface area contributed by atoms with Gasteiger partial charge in [0.1, 0.15) is 0 Å². The van der Waals surface area contributed by atoms with E-state index in [-0.39, 0.29) is 11.2 Å². The van der Waals surface area contributed by atoms with Gasteiger partial charge in [-0.15, -0.1) is 0 Å². The number of carbonyl (C=O) groups excluding carboxylic acids is 2. The molecule has 0 spiro atoms. The molecule has 0 N–H and O–H groups in total. The topological polar surface area (TPSA) is 77.4 Å². The molecule has 0 bridgehead atoms. The second kappa shape index (κ2) is 10.2. The number of unbranched alkanes of at least 4 members (excludes halogenated alkanes) is 2. The van der Waals surface area contributed by atoms with Gasteiger partial charge in [0.25, 0.3) is 0 Å². The lowest BCUT2D eigenvalue weighted by molar-refractivity contribution is -0.137. The molecule has 7 nitrogen and oxygen atoms in total. The summed E-state index contributed by atoms with van der Waals surface area (Å²) in [5, 5.41) is 0.403. The van der Waals surface area contributed by atoms with Gasteiger partial charge >= 0.3 is 5.97 Å². The minimum atomic E-state index is -0.625. The maximum Gasteiger partial charge on any atom is 0.338 e. The lowest BCUT2D eigenvalue weighted by atomic mass is 9.94. The lowest BCUT2D eigenvalue weighted by Crippen LogP contribution is -2.40. The molecule has 8 heteroatoms. The molecule has 0 aliphatic carbocycles. The molecule has 2 aliphatic heterocycles. The van der Waals surface area contributed by atoms with Crippen LogP contribution in [0.5, 0.6) is 11.5 Å². The van der Waals surface area contributed by atoms with Crippen LogP contribution in [-0.4, -0.2) is 48.0 Å². The van der Waals surface area contributed by atoms with E-state index in [1.165, 1.54) is 18.9 Å². The zero-order chi connectivity index (χ0) is 22.5. The van der Waals surface area contributed by atoms with E-state index in [1.807, 2.05) is 25.1 Å². The number of benzene rings is 1. The van der Waals surface area contributed by atoms with E-state index in [0.717, 1.165) is 24.8 Å². The van der Waals surface area contributed by atoms with Gasteiger partial charge in [-0.2, -0.15) is 0 Å². The van der Waals surface area contributed by atoms with Crippen LogP contribution in [0.2, 0.25) is 0 Å². The number of ether oxygens (including phenoxy) is 3. The highest BCUT2D eigenvalue weighted by molar-refractivity contribution is 8.15. The summed E-state index contributed by atoms with van der Waals surface area (Å²) >= 11 is 1.44. The van der Waals surface area contributed by atoms with E-state index in [0.29, 0.717) is 41.0 Å². The molecule has 3 rings (SSSR count). The number of thioether (sulfide) groups is 1. The van der Waals surface area contributed by atoms with E-state index in [9.17, 15) is 9.59 Å². The van der Waals surface area contributed by atoms with E-state index in [1.54, 1.807) is 18.9 Å². The van der Waals surface area contributed by atoms with Crippen molar-refractivity contribution in [1.82, 2.24) is 4.90 Å². The number of fused-ring (bicyclic) bond motifs is 1. The van der Waals surface area contributed by atoms with Crippen LogP contribution in [0.25, 0.3) is 0 Å². The van der Waals surface area contributed by atoms with Crippen molar-refractivity contribution in [1.29, 1.82) is 0 Å². The average molecular weight is 447 g/mol. The van der Waals surface area contributed by atoms with E-state index < -0.39 is 12.0 Å². The maximum atomic E-state index is 13.1. The predicted octanol–water partition coefficient (Wildman–Crippen LogP) is 4.48. The highest BCUT2D eigenvalue weighted by Gasteiger charge is 2.47. The molecule has 31 heavy (non-hydrogen) atoms. The van der Waals surface area contributed by atoms with Gasteiger partial charge < -0.3 is 14.2 Å². The molecule has 1 fully saturated rings. The van der Waals surface area contributed by atoms with Crippen LogP contribution < -0.4 is 9.47 Å². The second-order valence-electron chi connectivity index (χ2n) is 7.48. The fourth-order valence-electron chi connectivity index (χ4n) is 3.78. The minimum absolute atomic E-state index is 0.0518. The SMILES string of the molecule is CCCCCOc1ccc(C2C(C(=O)OC)=C(C)N=C3SC(CC)C(=O)N32)cc1OC. The molecule has 1 aromatic rings. The zero-order valence-electron chi connectivity index (χ0n) is 18.8. The third-order valence-corrected chi connectivity index (χ3v) is 6.75. The molecule has 1 saturated heterocycles. The summed E-state index contributed by atoms with van der Waals surface area (Å²) in [6, 6.07) is 4.91. The van der Waals surface area contributed by atoms with Crippen molar-refractivity contribution < 1.29 is 23.8 Å². The maximum absolute atomic E-state index is 13.1. The Morgan fingerprint density at radius 3 is 2.61 bits per heavy atom. The molecule has 2 atom stereocenters. The summed E-state index contributed by atoms with van der Waals surface area (Å²) in [5.41, 5.74) is 1.66. The van der Waals surface area contributed by atoms with Crippen molar-refractivity contribution >= 4 is 28.8 Å². The normalized spacial score (nSPS) is 20.5. The molecular weight excluding hydrogens is 416 g/mol. The minimum Gasteiger partial charge on any atom is -0.493 e. The first-order chi connectivity index (χ1) is 15.0. The number of methoxy groups -OCH3 is 2. The van der Waals surface area contributed by atoms with Gasteiger partial charge in [-0.3, -0.25) is 9.69 Å². The summed E-state index contributed by atoms with van der Waals surface area (Å²) in [4.78, 5) is 32.0. The Balaban J connectivity index is 2.01. The number of amidine groups is 1. The van der Waals surface area contributed by atoms with Crippen LogP contribution in [0.1, 0.15) is 58.1 Å². The second-order valence-corrected chi connectivity index (χ2v) is 8.65. The molecule has 0 radical (unpaired) electrons. The highest BCUT2D eigenvalue weighted by Crippen LogP contribution is 2.45. The van der Waals surface area contributed by atoms with Gasteiger partial charge in [0, 0.05) is 0 Å². The average Bonchev–Trinajstić information content (AvgIpc) is 3.10. The summed E-state index contributed by atoms with van der Waals surface area (Å²) < 4.78 is 16.5. The number of esters is 1. The summed E-state index contributed by atoms with van der Waals surface area (Å²) in [5.74, 6) is 0.651. The Morgan fingerprint density at radius 2 is 1.97 bits per heavy atom. The summed E-state index contributed by atoms with van der Waals surface area (Å²) in [7, 11) is 2.92. The third kappa shape index (κ3) is 4.59. The third-order valence-electron chi connectivity index (χ3n) is 5.44. The molecule has 2 unspecified atom stereocenters. The molecule has 1 aromatic carbocycles. The van der Waals surface area contributed by atoms with Crippen molar-refractivity contribution in [3.05, 3.63) is 35.0 Å². The fourth-order valence-corrected chi connectivity index (χ4v) is 4.92. The van der Waals surface area contributed by atoms with Gasteiger partial charge in [-0.25, -0.2) is 9.79 Å². The van der Waals surface area contributed by atoms with Gasteiger partial charge in [-0.1, -0.05) is 44.5 Å².